The summed E-state index contributed by atoms with van der Waals surface area (Å²) >= 11 is 0. The summed E-state index contributed by atoms with van der Waals surface area (Å²) in [6, 6.07) is 6.48. The molecule has 6 heteroatoms. The quantitative estimate of drug-likeness (QED) is 0.853. The number of furan rings is 2. The Kier molecular flexibility index (Phi) is 5.36. The first-order chi connectivity index (χ1) is 11.7. The average molecular weight is 330 g/mol. The molecule has 2 heterocycles. The van der Waals surface area contributed by atoms with Gasteiger partial charge in [-0.3, -0.25) is 9.59 Å². The van der Waals surface area contributed by atoms with Gasteiger partial charge in [-0.25, -0.2) is 0 Å². The van der Waals surface area contributed by atoms with E-state index in [0.29, 0.717) is 12.5 Å². The van der Waals surface area contributed by atoms with Crippen LogP contribution in [0, 0.1) is 5.92 Å². The van der Waals surface area contributed by atoms with Crippen LogP contribution in [-0.4, -0.2) is 24.4 Å². The topological polar surface area (TPSA) is 84.5 Å². The predicted octanol–water partition coefficient (Wildman–Crippen LogP) is 2.98. The molecule has 0 saturated heterocycles. The molecule has 0 unspecified atom stereocenters. The Morgan fingerprint density at radius 2 is 1.62 bits per heavy atom. The molecule has 2 amide bonds. The molecule has 0 aromatic carbocycles. The van der Waals surface area contributed by atoms with E-state index in [4.69, 9.17) is 8.83 Å². The number of hydrogen-bond donors (Lipinski definition) is 2. The summed E-state index contributed by atoms with van der Waals surface area (Å²) < 4.78 is 10.3. The van der Waals surface area contributed by atoms with Crippen molar-refractivity contribution in [3.63, 3.8) is 0 Å². The Labute approximate surface area is 140 Å². The van der Waals surface area contributed by atoms with Crippen LogP contribution in [0.2, 0.25) is 0 Å². The smallest absolute Gasteiger partial charge is 0.287 e. The molecule has 0 radical (unpaired) electrons. The van der Waals surface area contributed by atoms with Gasteiger partial charge in [-0.2, -0.15) is 0 Å². The van der Waals surface area contributed by atoms with Crippen molar-refractivity contribution >= 4 is 11.8 Å². The van der Waals surface area contributed by atoms with E-state index < -0.39 is 0 Å². The number of nitrogens with one attached hydrogen (secondary N) is 2. The first-order valence-corrected chi connectivity index (χ1v) is 8.40. The predicted molar refractivity (Wildman–Crippen MR) is 87.6 cm³/mol. The van der Waals surface area contributed by atoms with E-state index >= 15 is 0 Å². The number of amides is 2. The van der Waals surface area contributed by atoms with E-state index in [0.717, 1.165) is 25.7 Å². The van der Waals surface area contributed by atoms with E-state index in [9.17, 15) is 9.59 Å². The maximum absolute atomic E-state index is 12.3. The summed E-state index contributed by atoms with van der Waals surface area (Å²) in [4.78, 5) is 24.4. The van der Waals surface area contributed by atoms with Crippen molar-refractivity contribution in [1.29, 1.82) is 0 Å². The summed E-state index contributed by atoms with van der Waals surface area (Å²) in [7, 11) is 0. The zero-order chi connectivity index (χ0) is 16.8. The molecule has 1 atom stereocenters. The van der Waals surface area contributed by atoms with Crippen LogP contribution in [0.4, 0.5) is 0 Å². The van der Waals surface area contributed by atoms with Gasteiger partial charge < -0.3 is 19.5 Å². The van der Waals surface area contributed by atoms with Crippen LogP contribution in [-0.2, 0) is 0 Å². The standard InChI is InChI=1S/C18H22N2O4/c21-17(15-8-4-10-23-15)19-12-14(13-6-2-1-3-7-13)20-18(22)16-9-5-11-24-16/h4-5,8-11,13-14H,1-3,6-7,12H2,(H,19,21)(H,20,22)/t14-/m0/s1. The van der Waals surface area contributed by atoms with Crippen molar-refractivity contribution in [2.24, 2.45) is 5.92 Å². The van der Waals surface area contributed by atoms with Crippen molar-refractivity contribution in [2.45, 2.75) is 38.1 Å². The fourth-order valence-electron chi connectivity index (χ4n) is 3.22. The van der Waals surface area contributed by atoms with Crippen molar-refractivity contribution < 1.29 is 18.4 Å². The molecule has 24 heavy (non-hydrogen) atoms. The first-order valence-electron chi connectivity index (χ1n) is 8.40. The van der Waals surface area contributed by atoms with Crippen molar-refractivity contribution in [1.82, 2.24) is 10.6 Å². The normalized spacial score (nSPS) is 16.5. The molecule has 2 aromatic heterocycles. The average Bonchev–Trinajstić information content (AvgIpc) is 3.32. The van der Waals surface area contributed by atoms with Crippen molar-refractivity contribution in [3.8, 4) is 0 Å². The highest BCUT2D eigenvalue weighted by molar-refractivity contribution is 5.92. The van der Waals surface area contributed by atoms with E-state index in [1.54, 1.807) is 24.3 Å². The van der Waals surface area contributed by atoms with Gasteiger partial charge in [-0.05, 0) is 43.0 Å². The SMILES string of the molecule is O=C(NC[C@H](NC(=O)c1ccco1)C1CCCCC1)c1ccco1. The molecule has 1 saturated carbocycles. The van der Waals surface area contributed by atoms with Crippen LogP contribution in [0.5, 0.6) is 0 Å². The fourth-order valence-corrected chi connectivity index (χ4v) is 3.22. The zero-order valence-electron chi connectivity index (χ0n) is 13.5. The van der Waals surface area contributed by atoms with Gasteiger partial charge in [0.25, 0.3) is 11.8 Å². The Hall–Kier alpha value is -2.50. The Morgan fingerprint density at radius 3 is 2.21 bits per heavy atom. The van der Waals surface area contributed by atoms with Crippen LogP contribution in [0.15, 0.2) is 45.6 Å². The van der Waals surface area contributed by atoms with Crippen LogP contribution < -0.4 is 10.6 Å². The molecule has 1 aliphatic rings. The minimum atomic E-state index is -0.270. The molecular formula is C18H22N2O4. The lowest BCUT2D eigenvalue weighted by Gasteiger charge is -2.30. The van der Waals surface area contributed by atoms with Gasteiger partial charge >= 0.3 is 0 Å². The van der Waals surface area contributed by atoms with Gasteiger partial charge in [0, 0.05) is 12.6 Å². The third kappa shape index (κ3) is 4.07. The minimum absolute atomic E-state index is 0.123. The van der Waals surface area contributed by atoms with E-state index in [2.05, 4.69) is 10.6 Å². The second-order valence-corrected chi connectivity index (χ2v) is 6.14. The summed E-state index contributed by atoms with van der Waals surface area (Å²) in [5, 5.41) is 5.87. The van der Waals surface area contributed by atoms with Crippen LogP contribution in [0.3, 0.4) is 0 Å². The highest BCUT2D eigenvalue weighted by Gasteiger charge is 2.27. The van der Waals surface area contributed by atoms with E-state index in [1.807, 2.05) is 0 Å². The maximum Gasteiger partial charge on any atom is 0.287 e. The van der Waals surface area contributed by atoms with E-state index in [-0.39, 0.29) is 29.4 Å². The van der Waals surface area contributed by atoms with Gasteiger partial charge in [0.2, 0.25) is 0 Å². The maximum atomic E-state index is 12.3. The molecule has 2 aromatic rings. The Bertz CT molecular complexity index is 643. The lowest BCUT2D eigenvalue weighted by Crippen LogP contribution is -2.48. The molecule has 3 rings (SSSR count). The monoisotopic (exact) mass is 330 g/mol. The second kappa shape index (κ2) is 7.86. The molecule has 0 bridgehead atoms. The van der Waals surface area contributed by atoms with E-state index in [1.165, 1.54) is 18.9 Å². The third-order valence-electron chi connectivity index (χ3n) is 4.51. The van der Waals surface area contributed by atoms with Gasteiger partial charge in [0.05, 0.1) is 12.5 Å². The summed E-state index contributed by atoms with van der Waals surface area (Å²) in [5.41, 5.74) is 0. The van der Waals surface area contributed by atoms with Gasteiger partial charge in [0.1, 0.15) is 0 Å². The molecule has 1 fully saturated rings. The molecule has 0 spiro atoms. The molecule has 2 N–H and O–H groups in total. The van der Waals surface area contributed by atoms with Gasteiger partial charge in [0.15, 0.2) is 11.5 Å². The largest absolute Gasteiger partial charge is 0.459 e. The summed E-state index contributed by atoms with van der Waals surface area (Å²) in [6.07, 6.45) is 8.59. The third-order valence-corrected chi connectivity index (χ3v) is 4.51. The molecule has 6 nitrogen and oxygen atoms in total. The molecule has 1 aliphatic carbocycles. The van der Waals surface area contributed by atoms with Crippen molar-refractivity contribution in [2.75, 3.05) is 6.54 Å². The zero-order valence-corrected chi connectivity index (χ0v) is 13.5. The van der Waals surface area contributed by atoms with Crippen LogP contribution in [0.1, 0.15) is 53.2 Å². The van der Waals surface area contributed by atoms with Crippen LogP contribution in [0.25, 0.3) is 0 Å². The molecular weight excluding hydrogens is 308 g/mol. The summed E-state index contributed by atoms with van der Waals surface area (Å²) in [5.74, 6) is 0.397. The lowest BCUT2D eigenvalue weighted by atomic mass is 9.83. The van der Waals surface area contributed by atoms with Gasteiger partial charge in [-0.1, -0.05) is 19.3 Å². The minimum Gasteiger partial charge on any atom is -0.459 e. The number of carbonyl (C=O) groups is 2. The summed E-state index contributed by atoms with van der Waals surface area (Å²) in [6.45, 7) is 0.372. The lowest BCUT2D eigenvalue weighted by molar-refractivity contribution is 0.0855. The number of hydrogen-bond acceptors (Lipinski definition) is 4. The Morgan fingerprint density at radius 1 is 1.00 bits per heavy atom. The van der Waals surface area contributed by atoms with Gasteiger partial charge in [-0.15, -0.1) is 0 Å². The highest BCUT2D eigenvalue weighted by Crippen LogP contribution is 2.26. The van der Waals surface area contributed by atoms with Crippen LogP contribution >= 0.6 is 0 Å². The highest BCUT2D eigenvalue weighted by atomic mass is 16.3. The second-order valence-electron chi connectivity index (χ2n) is 6.14. The Balaban J connectivity index is 1.62. The number of rotatable bonds is 6. The molecule has 0 aliphatic heterocycles. The molecule has 128 valence electrons. The first kappa shape index (κ1) is 16.4. The van der Waals surface area contributed by atoms with Crippen molar-refractivity contribution in [3.05, 3.63) is 48.3 Å². The number of carbonyl (C=O) groups excluding carboxylic acids is 2. The fraction of sp³-hybridized carbons (Fsp3) is 0.444.